The molecule has 1 aliphatic rings. The summed E-state index contributed by atoms with van der Waals surface area (Å²) in [5.41, 5.74) is 0.979. The van der Waals surface area contributed by atoms with Gasteiger partial charge in [-0.1, -0.05) is 11.6 Å². The standard InChI is InChI=1S/C7H6ClNO/c8-7-2-1-6-5(9-7)3-4-10-6/h1-2H,3-4H2. The predicted molar refractivity (Wildman–Crippen MR) is 38.4 cm³/mol. The molecule has 0 N–H and O–H groups in total. The Kier molecular flexibility index (Phi) is 1.27. The van der Waals surface area contributed by atoms with E-state index in [4.69, 9.17) is 16.3 Å². The summed E-state index contributed by atoms with van der Waals surface area (Å²) >= 11 is 5.66. The van der Waals surface area contributed by atoms with Gasteiger partial charge in [-0.15, -0.1) is 0 Å². The number of ether oxygens (including phenoxy) is 1. The molecule has 0 fully saturated rings. The highest BCUT2D eigenvalue weighted by atomic mass is 35.5. The molecule has 2 nitrogen and oxygen atoms in total. The van der Waals surface area contributed by atoms with E-state index in [0.717, 1.165) is 24.5 Å². The second-order valence-electron chi connectivity index (χ2n) is 2.18. The first-order valence-electron chi connectivity index (χ1n) is 3.14. The Morgan fingerprint density at radius 3 is 3.30 bits per heavy atom. The van der Waals surface area contributed by atoms with E-state index in [-0.39, 0.29) is 0 Å². The Morgan fingerprint density at radius 1 is 1.50 bits per heavy atom. The zero-order valence-electron chi connectivity index (χ0n) is 5.30. The van der Waals surface area contributed by atoms with E-state index in [0.29, 0.717) is 5.15 Å². The largest absolute Gasteiger partial charge is 0.491 e. The number of pyridine rings is 1. The van der Waals surface area contributed by atoms with E-state index in [9.17, 15) is 0 Å². The zero-order chi connectivity index (χ0) is 6.97. The maximum absolute atomic E-state index is 5.66. The summed E-state index contributed by atoms with van der Waals surface area (Å²) in [5.74, 6) is 0.879. The fourth-order valence-electron chi connectivity index (χ4n) is 1.03. The molecule has 0 amide bonds. The molecule has 2 heterocycles. The van der Waals surface area contributed by atoms with Crippen molar-refractivity contribution in [3.05, 3.63) is 23.0 Å². The second-order valence-corrected chi connectivity index (χ2v) is 2.56. The topological polar surface area (TPSA) is 22.1 Å². The monoisotopic (exact) mass is 155 g/mol. The minimum absolute atomic E-state index is 0.546. The number of fused-ring (bicyclic) bond motifs is 1. The van der Waals surface area contributed by atoms with Crippen LogP contribution >= 0.6 is 11.6 Å². The van der Waals surface area contributed by atoms with Crippen molar-refractivity contribution >= 4 is 11.6 Å². The van der Waals surface area contributed by atoms with Gasteiger partial charge in [0.05, 0.1) is 12.3 Å². The van der Waals surface area contributed by atoms with Crippen LogP contribution in [0.3, 0.4) is 0 Å². The van der Waals surface area contributed by atoms with Crippen LogP contribution in [-0.2, 0) is 6.42 Å². The van der Waals surface area contributed by atoms with E-state index in [1.165, 1.54) is 0 Å². The average Bonchev–Trinajstić information content (AvgIpc) is 2.33. The van der Waals surface area contributed by atoms with Gasteiger partial charge >= 0.3 is 0 Å². The molecular weight excluding hydrogens is 150 g/mol. The molecule has 0 radical (unpaired) electrons. The number of hydrogen-bond acceptors (Lipinski definition) is 2. The Hall–Kier alpha value is -0.760. The molecule has 0 aliphatic carbocycles. The summed E-state index contributed by atoms with van der Waals surface area (Å²) in [6.45, 7) is 0.739. The molecule has 0 saturated heterocycles. The summed E-state index contributed by atoms with van der Waals surface area (Å²) in [5, 5.41) is 0.546. The van der Waals surface area contributed by atoms with Gasteiger partial charge in [-0.3, -0.25) is 0 Å². The van der Waals surface area contributed by atoms with Gasteiger partial charge in [0.1, 0.15) is 10.9 Å². The van der Waals surface area contributed by atoms with E-state index >= 15 is 0 Å². The van der Waals surface area contributed by atoms with Crippen molar-refractivity contribution in [1.82, 2.24) is 4.98 Å². The average molecular weight is 156 g/mol. The van der Waals surface area contributed by atoms with Gasteiger partial charge in [0.2, 0.25) is 0 Å². The van der Waals surface area contributed by atoms with Crippen LogP contribution in [0.15, 0.2) is 12.1 Å². The molecule has 0 bridgehead atoms. The SMILES string of the molecule is Clc1ccc2c(n1)CCO2. The Labute approximate surface area is 63.8 Å². The lowest BCUT2D eigenvalue weighted by molar-refractivity contribution is 0.357. The summed E-state index contributed by atoms with van der Waals surface area (Å²) < 4.78 is 5.23. The van der Waals surface area contributed by atoms with Crippen LogP contribution in [0.2, 0.25) is 5.15 Å². The van der Waals surface area contributed by atoms with E-state index < -0.39 is 0 Å². The van der Waals surface area contributed by atoms with Crippen molar-refractivity contribution in [3.63, 3.8) is 0 Å². The molecule has 1 aromatic rings. The number of hydrogen-bond donors (Lipinski definition) is 0. The van der Waals surface area contributed by atoms with Crippen LogP contribution in [0.1, 0.15) is 5.69 Å². The molecule has 2 rings (SSSR count). The summed E-state index contributed by atoms with van der Waals surface area (Å²) in [4.78, 5) is 4.09. The minimum atomic E-state index is 0.546. The van der Waals surface area contributed by atoms with E-state index in [1.54, 1.807) is 6.07 Å². The lowest BCUT2D eigenvalue weighted by Gasteiger charge is -1.95. The predicted octanol–water partition coefficient (Wildman–Crippen LogP) is 1.67. The molecule has 52 valence electrons. The van der Waals surface area contributed by atoms with Crippen LogP contribution < -0.4 is 4.74 Å². The molecule has 1 aromatic heterocycles. The van der Waals surface area contributed by atoms with Crippen molar-refractivity contribution in [1.29, 1.82) is 0 Å². The minimum Gasteiger partial charge on any atom is -0.491 e. The van der Waals surface area contributed by atoms with Gasteiger partial charge in [-0.05, 0) is 12.1 Å². The van der Waals surface area contributed by atoms with Gasteiger partial charge in [0.15, 0.2) is 0 Å². The molecule has 0 spiro atoms. The first kappa shape index (κ1) is 5.98. The molecule has 0 atom stereocenters. The molecule has 0 saturated carbocycles. The Morgan fingerprint density at radius 2 is 2.40 bits per heavy atom. The van der Waals surface area contributed by atoms with Crippen LogP contribution in [0.25, 0.3) is 0 Å². The van der Waals surface area contributed by atoms with Crippen LogP contribution in [-0.4, -0.2) is 11.6 Å². The van der Waals surface area contributed by atoms with Crippen LogP contribution in [0.5, 0.6) is 5.75 Å². The number of halogens is 1. The lowest BCUT2D eigenvalue weighted by Crippen LogP contribution is -1.86. The van der Waals surface area contributed by atoms with Crippen molar-refractivity contribution in [2.45, 2.75) is 6.42 Å². The summed E-state index contributed by atoms with van der Waals surface area (Å²) in [6, 6.07) is 3.60. The normalized spacial score (nSPS) is 14.5. The van der Waals surface area contributed by atoms with Crippen molar-refractivity contribution in [2.24, 2.45) is 0 Å². The number of rotatable bonds is 0. The third-order valence-corrected chi connectivity index (χ3v) is 1.71. The molecule has 1 aliphatic heterocycles. The third kappa shape index (κ3) is 0.847. The summed E-state index contributed by atoms with van der Waals surface area (Å²) in [6.07, 6.45) is 0.885. The van der Waals surface area contributed by atoms with Crippen molar-refractivity contribution in [3.8, 4) is 5.75 Å². The molecule has 0 unspecified atom stereocenters. The first-order valence-corrected chi connectivity index (χ1v) is 3.52. The highest BCUT2D eigenvalue weighted by Gasteiger charge is 2.12. The number of nitrogens with zero attached hydrogens (tertiary/aromatic N) is 1. The highest BCUT2D eigenvalue weighted by molar-refractivity contribution is 6.29. The van der Waals surface area contributed by atoms with Gasteiger partial charge in [0.25, 0.3) is 0 Å². The van der Waals surface area contributed by atoms with Crippen molar-refractivity contribution in [2.75, 3.05) is 6.61 Å². The maximum Gasteiger partial charge on any atom is 0.141 e. The molecule has 10 heavy (non-hydrogen) atoms. The third-order valence-electron chi connectivity index (χ3n) is 1.49. The fourth-order valence-corrected chi connectivity index (χ4v) is 1.20. The molecule has 0 aromatic carbocycles. The van der Waals surface area contributed by atoms with Gasteiger partial charge in [-0.2, -0.15) is 0 Å². The Balaban J connectivity index is 2.52. The van der Waals surface area contributed by atoms with Crippen LogP contribution in [0.4, 0.5) is 0 Å². The van der Waals surface area contributed by atoms with Gasteiger partial charge in [-0.25, -0.2) is 4.98 Å². The molecule has 3 heteroatoms. The quantitative estimate of drug-likeness (QED) is 0.532. The zero-order valence-corrected chi connectivity index (χ0v) is 6.06. The second kappa shape index (κ2) is 2.13. The number of aromatic nitrogens is 1. The van der Waals surface area contributed by atoms with Crippen molar-refractivity contribution < 1.29 is 4.74 Å². The van der Waals surface area contributed by atoms with E-state index in [1.807, 2.05) is 6.07 Å². The first-order chi connectivity index (χ1) is 4.86. The maximum atomic E-state index is 5.66. The lowest BCUT2D eigenvalue weighted by atomic mass is 10.3. The highest BCUT2D eigenvalue weighted by Crippen LogP contribution is 2.24. The smallest absolute Gasteiger partial charge is 0.141 e. The Bertz CT molecular complexity index is 262. The molecular formula is C7H6ClNO. The summed E-state index contributed by atoms with van der Waals surface area (Å²) in [7, 11) is 0. The fraction of sp³-hybridized carbons (Fsp3) is 0.286. The van der Waals surface area contributed by atoms with Gasteiger partial charge in [0, 0.05) is 6.42 Å². The van der Waals surface area contributed by atoms with E-state index in [2.05, 4.69) is 4.98 Å². The van der Waals surface area contributed by atoms with Gasteiger partial charge < -0.3 is 4.74 Å². The van der Waals surface area contributed by atoms with Crippen LogP contribution in [0, 0.1) is 0 Å².